The van der Waals surface area contributed by atoms with Crippen molar-refractivity contribution < 1.29 is 29.2 Å². The van der Waals surface area contributed by atoms with Crippen LogP contribution in [0, 0.1) is 5.92 Å². The molecule has 0 spiro atoms. The fourth-order valence-electron chi connectivity index (χ4n) is 3.25. The van der Waals surface area contributed by atoms with Gasteiger partial charge in [-0.2, -0.15) is 0 Å². The van der Waals surface area contributed by atoms with Gasteiger partial charge in [0.2, 0.25) is 0 Å². The van der Waals surface area contributed by atoms with Crippen molar-refractivity contribution in [2.45, 2.75) is 63.9 Å². The largest absolute Gasteiger partial charge is 0.491 e. The first-order chi connectivity index (χ1) is 14.8. The minimum absolute atomic E-state index is 0.0838. The maximum Gasteiger partial charge on any atom is 0.306 e. The molecule has 6 nitrogen and oxygen atoms in total. The Labute approximate surface area is 189 Å². The van der Waals surface area contributed by atoms with Crippen LogP contribution in [0.15, 0.2) is 48.6 Å². The molecule has 0 aliphatic carbocycles. The van der Waals surface area contributed by atoms with E-state index in [1.54, 1.807) is 36.4 Å². The van der Waals surface area contributed by atoms with Crippen LogP contribution in [0.4, 0.5) is 0 Å². The number of rotatable bonds is 12. The number of hydrogen-bond donors (Lipinski definition) is 2. The van der Waals surface area contributed by atoms with Gasteiger partial charge >= 0.3 is 5.97 Å². The zero-order valence-corrected chi connectivity index (χ0v) is 18.9. The van der Waals surface area contributed by atoms with E-state index in [9.17, 15) is 15.0 Å². The van der Waals surface area contributed by atoms with Gasteiger partial charge in [-0.15, -0.1) is 0 Å². The van der Waals surface area contributed by atoms with Crippen LogP contribution in [0.25, 0.3) is 0 Å². The van der Waals surface area contributed by atoms with Crippen molar-refractivity contribution in [2.75, 3.05) is 13.2 Å². The van der Waals surface area contributed by atoms with Crippen molar-refractivity contribution in [1.29, 1.82) is 0 Å². The van der Waals surface area contributed by atoms with E-state index in [1.165, 1.54) is 0 Å². The second-order valence-electron chi connectivity index (χ2n) is 7.89. The SMILES string of the molecule is CC(C)OC(=O)CCC/C=C\C[C@H]1[C@@H](O)CO[C@@H]1/C=C/[C@@H](O)COc1cccc(Cl)c1. The van der Waals surface area contributed by atoms with Crippen LogP contribution in [0.5, 0.6) is 5.75 Å². The lowest BCUT2D eigenvalue weighted by Crippen LogP contribution is -2.23. The molecule has 2 N–H and O–H groups in total. The molecule has 0 radical (unpaired) electrons. The standard InChI is InChI=1S/C24H33ClO6/c1-17(2)31-24(28)11-6-4-3-5-10-21-22(27)16-30-23(21)13-12-19(26)15-29-20-9-7-8-18(25)14-20/h3,5,7-9,12-14,17,19,21-23,26-27H,4,6,10-11,15-16H2,1-2H3/b5-3-,13-12+/t19-,21+,22+,23-/m1/s1. The molecule has 172 valence electrons. The summed E-state index contributed by atoms with van der Waals surface area (Å²) in [5.41, 5.74) is 0. The number of benzene rings is 1. The lowest BCUT2D eigenvalue weighted by molar-refractivity contribution is -0.147. The summed E-state index contributed by atoms with van der Waals surface area (Å²) in [6.07, 6.45) is 8.28. The average Bonchev–Trinajstić information content (AvgIpc) is 3.06. The van der Waals surface area contributed by atoms with Gasteiger partial charge in [-0.25, -0.2) is 0 Å². The van der Waals surface area contributed by atoms with Gasteiger partial charge in [-0.3, -0.25) is 4.79 Å². The van der Waals surface area contributed by atoms with Gasteiger partial charge in [0, 0.05) is 17.4 Å². The third kappa shape index (κ3) is 9.87. The Balaban J connectivity index is 1.72. The van der Waals surface area contributed by atoms with Gasteiger partial charge < -0.3 is 24.4 Å². The first-order valence-corrected chi connectivity index (χ1v) is 11.1. The molecule has 1 aromatic rings. The van der Waals surface area contributed by atoms with E-state index >= 15 is 0 Å². The Bertz CT molecular complexity index is 733. The van der Waals surface area contributed by atoms with Crippen LogP contribution in [-0.2, 0) is 14.3 Å². The predicted molar refractivity (Wildman–Crippen MR) is 120 cm³/mol. The molecule has 1 fully saturated rings. The smallest absolute Gasteiger partial charge is 0.306 e. The number of halogens is 1. The third-order valence-electron chi connectivity index (χ3n) is 4.81. The second-order valence-corrected chi connectivity index (χ2v) is 8.32. The van der Waals surface area contributed by atoms with Crippen molar-refractivity contribution in [3.05, 3.63) is 53.6 Å². The first-order valence-electron chi connectivity index (χ1n) is 10.7. The number of esters is 1. The number of hydrogen-bond acceptors (Lipinski definition) is 6. The van der Waals surface area contributed by atoms with Crippen molar-refractivity contribution in [1.82, 2.24) is 0 Å². The van der Waals surface area contributed by atoms with Gasteiger partial charge in [-0.05, 0) is 51.3 Å². The van der Waals surface area contributed by atoms with Gasteiger partial charge in [0.1, 0.15) is 18.5 Å². The zero-order valence-electron chi connectivity index (χ0n) is 18.2. The summed E-state index contributed by atoms with van der Waals surface area (Å²) >= 11 is 5.92. The Morgan fingerprint density at radius 3 is 2.90 bits per heavy atom. The van der Waals surface area contributed by atoms with Crippen molar-refractivity contribution in [3.63, 3.8) is 0 Å². The van der Waals surface area contributed by atoms with E-state index in [2.05, 4.69) is 0 Å². The maximum atomic E-state index is 11.5. The topological polar surface area (TPSA) is 85.2 Å². The fourth-order valence-corrected chi connectivity index (χ4v) is 3.43. The Morgan fingerprint density at radius 1 is 1.35 bits per heavy atom. The van der Waals surface area contributed by atoms with Crippen LogP contribution in [0.3, 0.4) is 0 Å². The van der Waals surface area contributed by atoms with E-state index in [-0.39, 0.29) is 37.3 Å². The summed E-state index contributed by atoms with van der Waals surface area (Å²) < 4.78 is 16.3. The molecule has 0 saturated carbocycles. The van der Waals surface area contributed by atoms with Gasteiger partial charge in [0.25, 0.3) is 0 Å². The van der Waals surface area contributed by atoms with Crippen LogP contribution < -0.4 is 4.74 Å². The molecule has 31 heavy (non-hydrogen) atoms. The maximum absolute atomic E-state index is 11.5. The molecule has 1 aromatic carbocycles. The summed E-state index contributed by atoms with van der Waals surface area (Å²) in [6.45, 7) is 4.03. The number of allylic oxidation sites excluding steroid dienone is 2. The molecule has 1 saturated heterocycles. The summed E-state index contributed by atoms with van der Waals surface area (Å²) in [7, 11) is 0. The van der Waals surface area contributed by atoms with E-state index < -0.39 is 12.2 Å². The molecule has 0 unspecified atom stereocenters. The summed E-state index contributed by atoms with van der Waals surface area (Å²) in [5.74, 6) is 0.332. The zero-order chi connectivity index (χ0) is 22.6. The minimum atomic E-state index is -0.804. The fraction of sp³-hybridized carbons (Fsp3) is 0.542. The van der Waals surface area contributed by atoms with E-state index in [1.807, 2.05) is 26.0 Å². The Kier molecular flexibility index (Phi) is 11.1. The number of unbranched alkanes of at least 4 members (excludes halogenated alkanes) is 1. The van der Waals surface area contributed by atoms with E-state index in [0.717, 1.165) is 12.8 Å². The van der Waals surface area contributed by atoms with Crippen molar-refractivity contribution in [2.24, 2.45) is 5.92 Å². The summed E-state index contributed by atoms with van der Waals surface area (Å²) in [5, 5.41) is 20.9. The predicted octanol–water partition coefficient (Wildman–Crippen LogP) is 4.08. The van der Waals surface area contributed by atoms with Gasteiger partial charge in [-0.1, -0.05) is 42.0 Å². The summed E-state index contributed by atoms with van der Waals surface area (Å²) in [6, 6.07) is 6.99. The van der Waals surface area contributed by atoms with Gasteiger partial charge in [0.15, 0.2) is 0 Å². The number of carbonyl (C=O) groups is 1. The molecule has 1 aliphatic rings. The van der Waals surface area contributed by atoms with Crippen LogP contribution in [0.1, 0.15) is 39.5 Å². The Morgan fingerprint density at radius 2 is 2.16 bits per heavy atom. The minimum Gasteiger partial charge on any atom is -0.491 e. The molecule has 0 amide bonds. The highest BCUT2D eigenvalue weighted by atomic mass is 35.5. The average molecular weight is 453 g/mol. The lowest BCUT2D eigenvalue weighted by Gasteiger charge is -2.16. The van der Waals surface area contributed by atoms with Crippen molar-refractivity contribution in [3.8, 4) is 5.75 Å². The highest BCUT2D eigenvalue weighted by molar-refractivity contribution is 6.30. The highest BCUT2D eigenvalue weighted by Crippen LogP contribution is 2.26. The van der Waals surface area contributed by atoms with Crippen LogP contribution in [-0.4, -0.2) is 53.8 Å². The molecular formula is C24H33ClO6. The first kappa shape index (κ1) is 25.4. The Hall–Kier alpha value is -1.86. The normalized spacial score (nSPS) is 22.5. The number of aliphatic hydroxyl groups is 2. The quantitative estimate of drug-likeness (QED) is 0.282. The van der Waals surface area contributed by atoms with Crippen LogP contribution in [0.2, 0.25) is 5.02 Å². The highest BCUT2D eigenvalue weighted by Gasteiger charge is 2.33. The molecule has 1 aliphatic heterocycles. The molecular weight excluding hydrogens is 420 g/mol. The van der Waals surface area contributed by atoms with Gasteiger partial charge in [0.05, 0.1) is 24.9 Å². The number of carbonyl (C=O) groups excluding carboxylic acids is 1. The lowest BCUT2D eigenvalue weighted by atomic mass is 9.94. The molecule has 0 bridgehead atoms. The monoisotopic (exact) mass is 452 g/mol. The third-order valence-corrected chi connectivity index (χ3v) is 5.04. The van der Waals surface area contributed by atoms with Crippen LogP contribution >= 0.6 is 11.6 Å². The van der Waals surface area contributed by atoms with Crippen molar-refractivity contribution >= 4 is 17.6 Å². The molecule has 1 heterocycles. The van der Waals surface area contributed by atoms with E-state index in [4.69, 9.17) is 25.8 Å². The van der Waals surface area contributed by atoms with E-state index in [0.29, 0.717) is 23.6 Å². The summed E-state index contributed by atoms with van der Waals surface area (Å²) in [4.78, 5) is 11.5. The molecule has 0 aromatic heterocycles. The molecule has 2 rings (SSSR count). The number of ether oxygens (including phenoxy) is 3. The molecule has 7 heteroatoms. The second kappa shape index (κ2) is 13.5. The number of aliphatic hydroxyl groups excluding tert-OH is 2. The molecule has 4 atom stereocenters.